The molecule has 0 spiro atoms. The SMILES string of the molecule is CCN(CC)CCNC(C(N)=O)c1ccc(F)c(C#N)c1. The van der Waals surface area contributed by atoms with Crippen LogP contribution in [0.25, 0.3) is 0 Å². The van der Waals surface area contributed by atoms with Crippen LogP contribution in [-0.2, 0) is 4.79 Å². The van der Waals surface area contributed by atoms with Gasteiger partial charge in [-0.2, -0.15) is 5.26 Å². The molecule has 0 aliphatic rings. The minimum absolute atomic E-state index is 0.0932. The Balaban J connectivity index is 2.79. The smallest absolute Gasteiger partial charge is 0.239 e. The molecule has 1 aromatic rings. The fourth-order valence-corrected chi connectivity index (χ4v) is 2.10. The minimum Gasteiger partial charge on any atom is -0.368 e. The number of primary amides is 1. The molecule has 1 aromatic carbocycles. The lowest BCUT2D eigenvalue weighted by molar-refractivity contribution is -0.120. The number of nitrogens with zero attached hydrogens (tertiary/aromatic N) is 2. The van der Waals surface area contributed by atoms with E-state index >= 15 is 0 Å². The number of likely N-dealkylation sites (N-methyl/N-ethyl adjacent to an activating group) is 1. The summed E-state index contributed by atoms with van der Waals surface area (Å²) in [6.07, 6.45) is 0. The highest BCUT2D eigenvalue weighted by Crippen LogP contribution is 2.16. The second-order valence-electron chi connectivity index (χ2n) is 4.67. The van der Waals surface area contributed by atoms with Crippen LogP contribution >= 0.6 is 0 Å². The van der Waals surface area contributed by atoms with E-state index in [-0.39, 0.29) is 5.56 Å². The molecule has 0 aliphatic carbocycles. The van der Waals surface area contributed by atoms with Gasteiger partial charge >= 0.3 is 0 Å². The average Bonchev–Trinajstić information content (AvgIpc) is 2.48. The van der Waals surface area contributed by atoms with Gasteiger partial charge in [0, 0.05) is 13.1 Å². The number of amides is 1. The summed E-state index contributed by atoms with van der Waals surface area (Å²) in [5.41, 5.74) is 5.80. The maximum Gasteiger partial charge on any atom is 0.239 e. The molecule has 0 aliphatic heterocycles. The van der Waals surface area contributed by atoms with Crippen molar-refractivity contribution in [1.29, 1.82) is 5.26 Å². The van der Waals surface area contributed by atoms with Gasteiger partial charge in [0.2, 0.25) is 5.91 Å². The lowest BCUT2D eigenvalue weighted by atomic mass is 10.0. The molecule has 1 rings (SSSR count). The maximum absolute atomic E-state index is 13.3. The lowest BCUT2D eigenvalue weighted by Crippen LogP contribution is -2.38. The Kier molecular flexibility index (Phi) is 6.79. The van der Waals surface area contributed by atoms with Crippen LogP contribution in [0.4, 0.5) is 4.39 Å². The van der Waals surface area contributed by atoms with Crippen molar-refractivity contribution in [3.63, 3.8) is 0 Å². The number of hydrogen-bond donors (Lipinski definition) is 2. The van der Waals surface area contributed by atoms with Gasteiger partial charge in [0.1, 0.15) is 17.9 Å². The fraction of sp³-hybridized carbons (Fsp3) is 0.467. The normalized spacial score (nSPS) is 12.1. The Labute approximate surface area is 124 Å². The van der Waals surface area contributed by atoms with E-state index in [4.69, 9.17) is 11.0 Å². The number of hydrogen-bond acceptors (Lipinski definition) is 4. The van der Waals surface area contributed by atoms with Crippen LogP contribution in [0.15, 0.2) is 18.2 Å². The molecule has 0 saturated carbocycles. The van der Waals surface area contributed by atoms with E-state index in [2.05, 4.69) is 24.1 Å². The molecule has 0 fully saturated rings. The molecule has 1 unspecified atom stereocenters. The van der Waals surface area contributed by atoms with E-state index in [1.807, 2.05) is 0 Å². The average molecular weight is 292 g/mol. The van der Waals surface area contributed by atoms with Crippen molar-refractivity contribution in [2.45, 2.75) is 19.9 Å². The summed E-state index contributed by atoms with van der Waals surface area (Å²) in [5, 5.41) is 11.9. The second-order valence-corrected chi connectivity index (χ2v) is 4.67. The number of carbonyl (C=O) groups is 1. The highest BCUT2D eigenvalue weighted by atomic mass is 19.1. The number of nitriles is 1. The molecule has 1 atom stereocenters. The molecule has 1 amide bonds. The first-order chi connectivity index (χ1) is 10.0. The molecule has 0 radical (unpaired) electrons. The van der Waals surface area contributed by atoms with E-state index in [0.29, 0.717) is 12.1 Å². The van der Waals surface area contributed by atoms with Crippen molar-refractivity contribution < 1.29 is 9.18 Å². The first kappa shape index (κ1) is 17.1. The van der Waals surface area contributed by atoms with Crippen LogP contribution < -0.4 is 11.1 Å². The molecule has 0 aromatic heterocycles. The van der Waals surface area contributed by atoms with Crippen molar-refractivity contribution in [2.24, 2.45) is 5.73 Å². The first-order valence-corrected chi connectivity index (χ1v) is 6.98. The molecular formula is C15H21FN4O. The Morgan fingerprint density at radius 2 is 2.14 bits per heavy atom. The third kappa shape index (κ3) is 4.81. The molecule has 0 saturated heterocycles. The number of halogens is 1. The predicted molar refractivity (Wildman–Crippen MR) is 78.8 cm³/mol. The Hall–Kier alpha value is -1.97. The molecule has 0 bridgehead atoms. The molecule has 6 heteroatoms. The number of nitrogens with one attached hydrogen (secondary N) is 1. The lowest BCUT2D eigenvalue weighted by Gasteiger charge is -2.21. The monoisotopic (exact) mass is 292 g/mol. The highest BCUT2D eigenvalue weighted by molar-refractivity contribution is 5.81. The van der Waals surface area contributed by atoms with Crippen LogP contribution in [0.3, 0.4) is 0 Å². The number of rotatable bonds is 8. The van der Waals surface area contributed by atoms with Crippen molar-refractivity contribution in [3.05, 3.63) is 35.1 Å². The van der Waals surface area contributed by atoms with Gasteiger partial charge in [0.05, 0.1) is 5.56 Å². The molecule has 21 heavy (non-hydrogen) atoms. The van der Waals surface area contributed by atoms with Gasteiger partial charge < -0.3 is 16.0 Å². The summed E-state index contributed by atoms with van der Waals surface area (Å²) >= 11 is 0. The third-order valence-corrected chi connectivity index (χ3v) is 3.40. The summed E-state index contributed by atoms with van der Waals surface area (Å²) < 4.78 is 13.3. The minimum atomic E-state index is -0.728. The summed E-state index contributed by atoms with van der Waals surface area (Å²) in [5.74, 6) is -1.15. The number of benzene rings is 1. The van der Waals surface area contributed by atoms with Crippen molar-refractivity contribution >= 4 is 5.91 Å². The summed E-state index contributed by atoms with van der Waals surface area (Å²) in [7, 11) is 0. The maximum atomic E-state index is 13.3. The van der Waals surface area contributed by atoms with Crippen LogP contribution in [0.2, 0.25) is 0 Å². The first-order valence-electron chi connectivity index (χ1n) is 6.98. The van der Waals surface area contributed by atoms with Gasteiger partial charge in [-0.15, -0.1) is 0 Å². The topological polar surface area (TPSA) is 82.2 Å². The molecule has 114 valence electrons. The number of carbonyl (C=O) groups excluding carboxylic acids is 1. The third-order valence-electron chi connectivity index (χ3n) is 3.40. The standard InChI is InChI=1S/C15H21FN4O/c1-3-20(4-2)8-7-19-14(15(18)21)11-5-6-13(16)12(9-11)10-17/h5-6,9,14,19H,3-4,7-8H2,1-2H3,(H2,18,21). The summed E-state index contributed by atoms with van der Waals surface area (Å²) in [6.45, 7) is 7.34. The van der Waals surface area contributed by atoms with Crippen LogP contribution in [0.1, 0.15) is 31.0 Å². The summed E-state index contributed by atoms with van der Waals surface area (Å²) in [4.78, 5) is 13.8. The van der Waals surface area contributed by atoms with Crippen molar-refractivity contribution in [2.75, 3.05) is 26.2 Å². The quantitative estimate of drug-likeness (QED) is 0.753. The predicted octanol–water partition coefficient (Wildman–Crippen LogP) is 1.16. The van der Waals surface area contributed by atoms with Gasteiger partial charge in [-0.05, 0) is 30.8 Å². The Morgan fingerprint density at radius 3 is 2.67 bits per heavy atom. The van der Waals surface area contributed by atoms with Crippen LogP contribution in [0.5, 0.6) is 0 Å². The molecule has 0 heterocycles. The van der Waals surface area contributed by atoms with Crippen molar-refractivity contribution in [3.8, 4) is 6.07 Å². The second kappa shape index (κ2) is 8.35. The highest BCUT2D eigenvalue weighted by Gasteiger charge is 2.18. The van der Waals surface area contributed by atoms with E-state index in [1.165, 1.54) is 18.2 Å². The molecular weight excluding hydrogens is 271 g/mol. The Morgan fingerprint density at radius 1 is 1.48 bits per heavy atom. The van der Waals surface area contributed by atoms with E-state index in [1.54, 1.807) is 6.07 Å². The molecule has 5 nitrogen and oxygen atoms in total. The van der Waals surface area contributed by atoms with Crippen molar-refractivity contribution in [1.82, 2.24) is 10.2 Å². The van der Waals surface area contributed by atoms with Crippen LogP contribution in [-0.4, -0.2) is 37.0 Å². The van der Waals surface area contributed by atoms with Gasteiger partial charge in [-0.25, -0.2) is 4.39 Å². The fourth-order valence-electron chi connectivity index (χ4n) is 2.10. The van der Waals surface area contributed by atoms with Crippen LogP contribution in [0, 0.1) is 17.1 Å². The zero-order valence-corrected chi connectivity index (χ0v) is 12.4. The number of nitrogens with two attached hydrogens (primary N) is 1. The van der Waals surface area contributed by atoms with Gasteiger partial charge in [-0.3, -0.25) is 4.79 Å². The van der Waals surface area contributed by atoms with Gasteiger partial charge in [-0.1, -0.05) is 19.9 Å². The zero-order chi connectivity index (χ0) is 15.8. The Bertz CT molecular complexity index is 523. The summed E-state index contributed by atoms with van der Waals surface area (Å²) in [6, 6.07) is 5.03. The van der Waals surface area contributed by atoms with Gasteiger partial charge in [0.25, 0.3) is 0 Å². The largest absolute Gasteiger partial charge is 0.368 e. The van der Waals surface area contributed by atoms with Gasteiger partial charge in [0.15, 0.2) is 0 Å². The molecule has 3 N–H and O–H groups in total. The van der Waals surface area contributed by atoms with E-state index in [0.717, 1.165) is 19.6 Å². The van der Waals surface area contributed by atoms with E-state index in [9.17, 15) is 9.18 Å². The zero-order valence-electron chi connectivity index (χ0n) is 12.4. The van der Waals surface area contributed by atoms with E-state index < -0.39 is 17.8 Å².